The van der Waals surface area contributed by atoms with E-state index < -0.39 is 0 Å². The van der Waals surface area contributed by atoms with E-state index in [1.54, 1.807) is 12.1 Å². The zero-order valence-corrected chi connectivity index (χ0v) is 10.7. The van der Waals surface area contributed by atoms with Crippen LogP contribution in [0.1, 0.15) is 5.56 Å². The Morgan fingerprint density at radius 3 is 2.70 bits per heavy atom. The van der Waals surface area contributed by atoms with Gasteiger partial charge in [0.15, 0.2) is 0 Å². The summed E-state index contributed by atoms with van der Waals surface area (Å²) >= 11 is 0. The first kappa shape index (κ1) is 12.5. The van der Waals surface area contributed by atoms with Crippen molar-refractivity contribution in [3.63, 3.8) is 0 Å². The normalized spacial score (nSPS) is 12.4. The Kier molecular flexibility index (Phi) is 3.25. The largest absolute Gasteiger partial charge is 0.384 e. The van der Waals surface area contributed by atoms with Crippen molar-refractivity contribution in [1.82, 2.24) is 0 Å². The maximum absolute atomic E-state index is 13.0. The van der Waals surface area contributed by atoms with Crippen molar-refractivity contribution in [2.45, 2.75) is 6.42 Å². The molecule has 0 saturated carbocycles. The molecule has 0 saturated heterocycles. The first-order chi connectivity index (χ1) is 9.70. The molecule has 0 aliphatic carbocycles. The summed E-state index contributed by atoms with van der Waals surface area (Å²) in [7, 11) is 0. The molecule has 3 rings (SSSR count). The molecule has 1 aliphatic rings. The molecule has 102 valence electrons. The topological polar surface area (TPSA) is 53.2 Å². The first-order valence-electron chi connectivity index (χ1n) is 6.41. The fraction of sp³-hybridized carbons (Fsp3) is 0.133. The van der Waals surface area contributed by atoms with Gasteiger partial charge in [-0.15, -0.1) is 0 Å². The zero-order chi connectivity index (χ0) is 13.9. The Balaban J connectivity index is 1.67. The van der Waals surface area contributed by atoms with Gasteiger partial charge in [-0.25, -0.2) is 9.18 Å². The van der Waals surface area contributed by atoms with Crippen LogP contribution in [0.4, 0.5) is 26.2 Å². The number of anilines is 3. The van der Waals surface area contributed by atoms with Gasteiger partial charge in [-0.2, -0.15) is 0 Å². The van der Waals surface area contributed by atoms with Crippen LogP contribution in [0.5, 0.6) is 0 Å². The van der Waals surface area contributed by atoms with Crippen LogP contribution in [0, 0.1) is 5.82 Å². The average molecular weight is 271 g/mol. The number of nitrogens with one attached hydrogen (secondary N) is 3. The standard InChI is InChI=1S/C15H14FN3O/c16-11-2-1-3-12(9-11)18-15(20)19-13-4-5-14-10(8-13)6-7-17-14/h1-5,8-9,17H,6-7H2,(H2,18,19,20). The maximum Gasteiger partial charge on any atom is 0.323 e. The van der Waals surface area contributed by atoms with E-state index in [0.29, 0.717) is 5.69 Å². The number of benzene rings is 2. The van der Waals surface area contributed by atoms with Crippen LogP contribution in [0.3, 0.4) is 0 Å². The lowest BCUT2D eigenvalue weighted by atomic mass is 10.1. The molecule has 0 bridgehead atoms. The van der Waals surface area contributed by atoms with Crippen molar-refractivity contribution >= 4 is 23.1 Å². The van der Waals surface area contributed by atoms with Crippen LogP contribution in [-0.2, 0) is 6.42 Å². The van der Waals surface area contributed by atoms with Crippen LogP contribution >= 0.6 is 0 Å². The third kappa shape index (κ3) is 2.71. The van der Waals surface area contributed by atoms with E-state index >= 15 is 0 Å². The number of hydrogen-bond acceptors (Lipinski definition) is 2. The van der Waals surface area contributed by atoms with E-state index in [4.69, 9.17) is 0 Å². The van der Waals surface area contributed by atoms with Crippen molar-refractivity contribution < 1.29 is 9.18 Å². The Hall–Kier alpha value is -2.56. The molecular weight excluding hydrogens is 257 g/mol. The van der Waals surface area contributed by atoms with Crippen LogP contribution in [0.25, 0.3) is 0 Å². The van der Waals surface area contributed by atoms with Gasteiger partial charge in [0.05, 0.1) is 0 Å². The van der Waals surface area contributed by atoms with Crippen molar-refractivity contribution in [1.29, 1.82) is 0 Å². The van der Waals surface area contributed by atoms with E-state index in [9.17, 15) is 9.18 Å². The van der Waals surface area contributed by atoms with E-state index in [0.717, 1.165) is 24.3 Å². The van der Waals surface area contributed by atoms with Gasteiger partial charge in [-0.3, -0.25) is 0 Å². The predicted molar refractivity (Wildman–Crippen MR) is 77.7 cm³/mol. The zero-order valence-electron chi connectivity index (χ0n) is 10.7. The molecule has 3 N–H and O–H groups in total. The lowest BCUT2D eigenvalue weighted by Crippen LogP contribution is -2.19. The third-order valence-corrected chi connectivity index (χ3v) is 3.16. The van der Waals surface area contributed by atoms with E-state index in [1.807, 2.05) is 18.2 Å². The summed E-state index contributed by atoms with van der Waals surface area (Å²) < 4.78 is 13.0. The summed E-state index contributed by atoms with van der Waals surface area (Å²) in [6, 6.07) is 11.1. The molecule has 0 aromatic heterocycles. The fourth-order valence-electron chi connectivity index (χ4n) is 2.24. The van der Waals surface area contributed by atoms with Gasteiger partial charge >= 0.3 is 6.03 Å². The smallest absolute Gasteiger partial charge is 0.323 e. The molecule has 2 amide bonds. The van der Waals surface area contributed by atoms with Gasteiger partial charge < -0.3 is 16.0 Å². The average Bonchev–Trinajstić information content (AvgIpc) is 2.86. The fourth-order valence-corrected chi connectivity index (χ4v) is 2.24. The molecule has 1 aliphatic heterocycles. The van der Waals surface area contributed by atoms with Crippen LogP contribution in [-0.4, -0.2) is 12.6 Å². The summed E-state index contributed by atoms with van der Waals surface area (Å²) in [6.07, 6.45) is 0.955. The number of halogens is 1. The molecule has 5 heteroatoms. The van der Waals surface area contributed by atoms with Crippen molar-refractivity contribution in [2.75, 3.05) is 22.5 Å². The minimum atomic E-state index is -0.387. The molecular formula is C15H14FN3O. The summed E-state index contributed by atoms with van der Waals surface area (Å²) in [5.41, 5.74) is 3.45. The third-order valence-electron chi connectivity index (χ3n) is 3.16. The second-order valence-electron chi connectivity index (χ2n) is 4.64. The lowest BCUT2D eigenvalue weighted by Gasteiger charge is -2.09. The highest BCUT2D eigenvalue weighted by Crippen LogP contribution is 2.25. The molecule has 1 heterocycles. The summed E-state index contributed by atoms with van der Waals surface area (Å²) in [5, 5.41) is 8.59. The highest BCUT2D eigenvalue weighted by atomic mass is 19.1. The first-order valence-corrected chi connectivity index (χ1v) is 6.41. The van der Waals surface area contributed by atoms with Gasteiger partial charge in [0.1, 0.15) is 5.82 Å². The van der Waals surface area contributed by atoms with Crippen LogP contribution < -0.4 is 16.0 Å². The van der Waals surface area contributed by atoms with E-state index in [1.165, 1.54) is 17.7 Å². The van der Waals surface area contributed by atoms with Crippen molar-refractivity contribution in [3.8, 4) is 0 Å². The van der Waals surface area contributed by atoms with Crippen LogP contribution in [0.15, 0.2) is 42.5 Å². The second kappa shape index (κ2) is 5.21. The second-order valence-corrected chi connectivity index (χ2v) is 4.64. The molecule has 2 aromatic rings. The molecule has 0 fully saturated rings. The highest BCUT2D eigenvalue weighted by Gasteiger charge is 2.11. The Morgan fingerprint density at radius 1 is 1.10 bits per heavy atom. The number of urea groups is 1. The van der Waals surface area contributed by atoms with Crippen molar-refractivity contribution in [2.24, 2.45) is 0 Å². The number of amides is 2. The van der Waals surface area contributed by atoms with E-state index in [2.05, 4.69) is 16.0 Å². The highest BCUT2D eigenvalue weighted by molar-refractivity contribution is 5.99. The molecule has 2 aromatic carbocycles. The molecule has 4 nitrogen and oxygen atoms in total. The minimum Gasteiger partial charge on any atom is -0.384 e. The SMILES string of the molecule is O=C(Nc1cccc(F)c1)Nc1ccc2c(c1)CCN2. The number of hydrogen-bond donors (Lipinski definition) is 3. The Labute approximate surface area is 116 Å². The maximum atomic E-state index is 13.0. The Morgan fingerprint density at radius 2 is 1.90 bits per heavy atom. The molecule has 0 spiro atoms. The summed E-state index contributed by atoms with van der Waals surface area (Å²) in [4.78, 5) is 11.8. The number of carbonyl (C=O) groups excluding carboxylic acids is 1. The monoisotopic (exact) mass is 271 g/mol. The number of carbonyl (C=O) groups is 1. The molecule has 0 unspecified atom stereocenters. The lowest BCUT2D eigenvalue weighted by molar-refractivity contribution is 0.262. The van der Waals surface area contributed by atoms with Gasteiger partial charge in [0.25, 0.3) is 0 Å². The van der Waals surface area contributed by atoms with Gasteiger partial charge in [-0.1, -0.05) is 6.07 Å². The Bertz CT molecular complexity index is 657. The van der Waals surface area contributed by atoms with Crippen molar-refractivity contribution in [3.05, 3.63) is 53.8 Å². The quantitative estimate of drug-likeness (QED) is 0.783. The number of fused-ring (bicyclic) bond motifs is 1. The molecule has 20 heavy (non-hydrogen) atoms. The molecule has 0 radical (unpaired) electrons. The summed E-state index contributed by atoms with van der Waals surface area (Å²) in [6.45, 7) is 0.925. The molecule has 0 atom stereocenters. The van der Waals surface area contributed by atoms with Gasteiger partial charge in [0.2, 0.25) is 0 Å². The minimum absolute atomic E-state index is 0.383. The van der Waals surface area contributed by atoms with Gasteiger partial charge in [0, 0.05) is 23.6 Å². The summed E-state index contributed by atoms with van der Waals surface area (Å²) in [5.74, 6) is -0.383. The predicted octanol–water partition coefficient (Wildman–Crippen LogP) is 3.44. The van der Waals surface area contributed by atoms with Crippen LogP contribution in [0.2, 0.25) is 0 Å². The number of rotatable bonds is 2. The van der Waals surface area contributed by atoms with E-state index in [-0.39, 0.29) is 11.8 Å². The van der Waals surface area contributed by atoms with Gasteiger partial charge in [-0.05, 0) is 48.4 Å².